The molecule has 1 aliphatic carbocycles. The predicted molar refractivity (Wildman–Crippen MR) is 87.0 cm³/mol. The molecule has 98 valence electrons. The van der Waals surface area contributed by atoms with Crippen LogP contribution in [0.4, 0.5) is 5.69 Å². The second kappa shape index (κ2) is 5.59. The van der Waals surface area contributed by atoms with Gasteiger partial charge >= 0.3 is 0 Å². The van der Waals surface area contributed by atoms with E-state index in [1.165, 1.54) is 32.6 Å². The van der Waals surface area contributed by atoms with Gasteiger partial charge in [0.25, 0.3) is 0 Å². The molecule has 3 heteroatoms. The van der Waals surface area contributed by atoms with Gasteiger partial charge in [0, 0.05) is 15.1 Å². The van der Waals surface area contributed by atoms with Gasteiger partial charge in [-0.25, -0.2) is 0 Å². The van der Waals surface area contributed by atoms with Crippen molar-refractivity contribution in [2.45, 2.75) is 23.8 Å². The Hall–Kier alpha value is -0.930. The molecular formula is C16H16BrNS. The second-order valence-corrected chi connectivity index (χ2v) is 6.45. The lowest BCUT2D eigenvalue weighted by Crippen LogP contribution is -2.07. The lowest BCUT2D eigenvalue weighted by atomic mass is 10.1. The first-order valence-corrected chi connectivity index (χ1v) is 8.48. The van der Waals surface area contributed by atoms with Crippen LogP contribution in [-0.4, -0.2) is 6.26 Å². The van der Waals surface area contributed by atoms with E-state index >= 15 is 0 Å². The molecule has 2 aromatic rings. The maximum absolute atomic E-state index is 3.70. The van der Waals surface area contributed by atoms with Crippen molar-refractivity contribution in [2.24, 2.45) is 0 Å². The highest BCUT2D eigenvalue weighted by Gasteiger charge is 2.24. The second-order valence-electron chi connectivity index (χ2n) is 4.74. The molecule has 1 aliphatic rings. The van der Waals surface area contributed by atoms with Crippen molar-refractivity contribution < 1.29 is 0 Å². The molecule has 1 N–H and O–H groups in total. The third-order valence-electron chi connectivity index (χ3n) is 3.65. The third kappa shape index (κ3) is 2.54. The van der Waals surface area contributed by atoms with Crippen LogP contribution in [0.3, 0.4) is 0 Å². The zero-order chi connectivity index (χ0) is 13.2. The lowest BCUT2D eigenvalue weighted by molar-refractivity contribution is 0.759. The molecule has 3 rings (SSSR count). The summed E-state index contributed by atoms with van der Waals surface area (Å²) in [6.45, 7) is 0. The summed E-state index contributed by atoms with van der Waals surface area (Å²) in [5.74, 6) is 0. The number of hydrogen-bond donors (Lipinski definition) is 1. The molecular weight excluding hydrogens is 318 g/mol. The molecule has 2 aromatic carbocycles. The van der Waals surface area contributed by atoms with Crippen LogP contribution in [0, 0.1) is 0 Å². The zero-order valence-electron chi connectivity index (χ0n) is 10.8. The summed E-state index contributed by atoms with van der Waals surface area (Å²) in [6, 6.07) is 15.5. The van der Waals surface area contributed by atoms with Crippen molar-refractivity contribution in [3.63, 3.8) is 0 Å². The standard InChI is InChI=1S/C16H16BrNS/c1-19-16-8-3-2-7-15(16)18-14-10-9-11-12(14)5-4-6-13(11)17/h2-8,14,18H,9-10H2,1H3. The molecule has 0 radical (unpaired) electrons. The summed E-state index contributed by atoms with van der Waals surface area (Å²) in [7, 11) is 0. The van der Waals surface area contributed by atoms with Gasteiger partial charge in [-0.1, -0.05) is 40.2 Å². The van der Waals surface area contributed by atoms with Crippen LogP contribution < -0.4 is 5.32 Å². The largest absolute Gasteiger partial charge is 0.377 e. The minimum absolute atomic E-state index is 0.431. The lowest BCUT2D eigenvalue weighted by Gasteiger charge is -2.18. The zero-order valence-corrected chi connectivity index (χ0v) is 13.2. The highest BCUT2D eigenvalue weighted by molar-refractivity contribution is 9.10. The number of fused-ring (bicyclic) bond motifs is 1. The maximum Gasteiger partial charge on any atom is 0.0520 e. The van der Waals surface area contributed by atoms with Crippen LogP contribution in [0.1, 0.15) is 23.6 Å². The van der Waals surface area contributed by atoms with Gasteiger partial charge < -0.3 is 5.32 Å². The number of anilines is 1. The summed E-state index contributed by atoms with van der Waals surface area (Å²) in [5, 5.41) is 3.70. The van der Waals surface area contributed by atoms with Crippen molar-refractivity contribution in [3.8, 4) is 0 Å². The number of rotatable bonds is 3. The molecule has 1 nitrogen and oxygen atoms in total. The first-order valence-electron chi connectivity index (χ1n) is 6.46. The van der Waals surface area contributed by atoms with E-state index in [9.17, 15) is 0 Å². The van der Waals surface area contributed by atoms with Crippen molar-refractivity contribution in [2.75, 3.05) is 11.6 Å². The summed E-state index contributed by atoms with van der Waals surface area (Å²) in [5.41, 5.74) is 4.14. The minimum Gasteiger partial charge on any atom is -0.377 e. The number of nitrogens with one attached hydrogen (secondary N) is 1. The van der Waals surface area contributed by atoms with Crippen molar-refractivity contribution in [3.05, 3.63) is 58.1 Å². The highest BCUT2D eigenvalue weighted by Crippen LogP contribution is 2.38. The summed E-state index contributed by atoms with van der Waals surface area (Å²) >= 11 is 5.45. The first kappa shape index (κ1) is 13.1. The summed E-state index contributed by atoms with van der Waals surface area (Å²) in [4.78, 5) is 1.31. The van der Waals surface area contributed by atoms with Crippen molar-refractivity contribution in [1.29, 1.82) is 0 Å². The summed E-state index contributed by atoms with van der Waals surface area (Å²) < 4.78 is 1.24. The van der Waals surface area contributed by atoms with Gasteiger partial charge in [-0.2, -0.15) is 0 Å². The first-order chi connectivity index (χ1) is 9.29. The fraction of sp³-hybridized carbons (Fsp3) is 0.250. The molecule has 1 atom stereocenters. The number of halogens is 1. The monoisotopic (exact) mass is 333 g/mol. The van der Waals surface area contributed by atoms with Crippen LogP contribution in [-0.2, 0) is 6.42 Å². The van der Waals surface area contributed by atoms with E-state index in [0.29, 0.717) is 6.04 Å². The summed E-state index contributed by atoms with van der Waals surface area (Å²) in [6.07, 6.45) is 4.44. The highest BCUT2D eigenvalue weighted by atomic mass is 79.9. The number of para-hydroxylation sites is 1. The van der Waals surface area contributed by atoms with Crippen LogP contribution in [0.2, 0.25) is 0 Å². The van der Waals surface area contributed by atoms with E-state index < -0.39 is 0 Å². The fourth-order valence-electron chi connectivity index (χ4n) is 2.71. The Kier molecular flexibility index (Phi) is 3.85. The van der Waals surface area contributed by atoms with Crippen LogP contribution >= 0.6 is 27.7 Å². The molecule has 19 heavy (non-hydrogen) atoms. The molecule has 0 saturated heterocycles. The molecule has 0 spiro atoms. The Bertz CT molecular complexity index is 597. The van der Waals surface area contributed by atoms with Crippen LogP contribution in [0.15, 0.2) is 51.8 Å². The number of hydrogen-bond acceptors (Lipinski definition) is 2. The van der Waals surface area contributed by atoms with E-state index in [4.69, 9.17) is 0 Å². The van der Waals surface area contributed by atoms with E-state index in [2.05, 4.69) is 70.0 Å². The van der Waals surface area contributed by atoms with Gasteiger partial charge in [0.1, 0.15) is 0 Å². The van der Waals surface area contributed by atoms with E-state index in [1.54, 1.807) is 11.8 Å². The smallest absolute Gasteiger partial charge is 0.0520 e. The molecule has 0 amide bonds. The van der Waals surface area contributed by atoms with Gasteiger partial charge in [-0.05, 0) is 48.4 Å². The van der Waals surface area contributed by atoms with Gasteiger partial charge in [0.05, 0.1) is 6.04 Å². The fourth-order valence-corrected chi connectivity index (χ4v) is 3.85. The third-order valence-corrected chi connectivity index (χ3v) is 5.19. The maximum atomic E-state index is 3.70. The van der Waals surface area contributed by atoms with Gasteiger partial charge in [0.2, 0.25) is 0 Å². The molecule has 0 aliphatic heterocycles. The SMILES string of the molecule is CSc1ccccc1NC1CCc2c(Br)cccc21. The van der Waals surface area contributed by atoms with Crippen LogP contribution in [0.25, 0.3) is 0 Å². The number of benzene rings is 2. The normalized spacial score (nSPS) is 17.3. The molecule has 0 fully saturated rings. The van der Waals surface area contributed by atoms with Gasteiger partial charge in [-0.3, -0.25) is 0 Å². The molecule has 0 bridgehead atoms. The average molecular weight is 334 g/mol. The van der Waals surface area contributed by atoms with Crippen molar-refractivity contribution in [1.82, 2.24) is 0 Å². The van der Waals surface area contributed by atoms with E-state index in [0.717, 1.165) is 6.42 Å². The molecule has 0 heterocycles. The van der Waals surface area contributed by atoms with Gasteiger partial charge in [-0.15, -0.1) is 11.8 Å². The van der Waals surface area contributed by atoms with Gasteiger partial charge in [0.15, 0.2) is 0 Å². The number of thioether (sulfide) groups is 1. The van der Waals surface area contributed by atoms with E-state index in [-0.39, 0.29) is 0 Å². The average Bonchev–Trinajstić information content (AvgIpc) is 2.84. The minimum atomic E-state index is 0.431. The van der Waals surface area contributed by atoms with Crippen molar-refractivity contribution >= 4 is 33.4 Å². The molecule has 0 saturated carbocycles. The van der Waals surface area contributed by atoms with E-state index in [1.807, 2.05) is 0 Å². The quantitative estimate of drug-likeness (QED) is 0.768. The Morgan fingerprint density at radius 1 is 1.16 bits per heavy atom. The predicted octanol–water partition coefficient (Wildman–Crippen LogP) is 5.27. The molecule has 0 aromatic heterocycles. The Labute approximate surface area is 126 Å². The molecule has 1 unspecified atom stereocenters. The Morgan fingerprint density at radius 3 is 2.84 bits per heavy atom. The topological polar surface area (TPSA) is 12.0 Å². The Balaban J connectivity index is 1.89. The van der Waals surface area contributed by atoms with Crippen LogP contribution in [0.5, 0.6) is 0 Å². The Morgan fingerprint density at radius 2 is 2.00 bits per heavy atom.